The highest BCUT2D eigenvalue weighted by Gasteiger charge is 2.00. The summed E-state index contributed by atoms with van der Waals surface area (Å²) in [7, 11) is 0. The van der Waals surface area contributed by atoms with Crippen molar-refractivity contribution < 1.29 is 4.79 Å². The second-order valence-electron chi connectivity index (χ2n) is 2.57. The molecule has 0 fully saturated rings. The first kappa shape index (κ1) is 7.78. The average Bonchev–Trinajstić information content (AvgIpc) is 2.09. The molecule has 1 aromatic rings. The van der Waals surface area contributed by atoms with Crippen molar-refractivity contribution in [2.24, 2.45) is 0 Å². The highest BCUT2D eigenvalue weighted by molar-refractivity contribution is 5.75. The van der Waals surface area contributed by atoms with Crippen molar-refractivity contribution in [3.63, 3.8) is 0 Å². The van der Waals surface area contributed by atoms with E-state index in [2.05, 4.69) is 5.10 Å². The van der Waals surface area contributed by atoms with Gasteiger partial charge in [-0.15, -0.1) is 0 Å². The smallest absolute Gasteiger partial charge is 0.267 e. The molecule has 0 aliphatic heterocycles. The second-order valence-corrected chi connectivity index (χ2v) is 2.57. The highest BCUT2D eigenvalue weighted by atomic mass is 16.1. The maximum absolute atomic E-state index is 11.0. The third-order valence-corrected chi connectivity index (χ3v) is 1.30. The number of ketones is 1. The van der Waals surface area contributed by atoms with Gasteiger partial charge in [-0.2, -0.15) is 0 Å². The van der Waals surface area contributed by atoms with Crippen LogP contribution in [0.1, 0.15) is 12.6 Å². The van der Waals surface area contributed by atoms with Crippen molar-refractivity contribution in [1.29, 1.82) is 0 Å². The van der Waals surface area contributed by atoms with Crippen LogP contribution >= 0.6 is 0 Å². The maximum Gasteiger partial charge on any atom is 0.267 e. The molecule has 0 amide bonds. The number of hydrogen-bond acceptors (Lipinski definition) is 2. The number of aromatic nitrogens is 2. The van der Waals surface area contributed by atoms with E-state index in [1.54, 1.807) is 6.92 Å². The number of H-pyrrole nitrogens is 1. The summed E-state index contributed by atoms with van der Waals surface area (Å²) in [5.74, 6) is -0.0334. The Morgan fingerprint density at radius 1 is 1.73 bits per heavy atom. The molecule has 1 heterocycles. The molecule has 0 spiro atoms. The van der Waals surface area contributed by atoms with Gasteiger partial charge in [0.15, 0.2) is 5.78 Å². The molecule has 4 heteroatoms. The van der Waals surface area contributed by atoms with Crippen molar-refractivity contribution in [2.45, 2.75) is 20.4 Å². The van der Waals surface area contributed by atoms with Crippen LogP contribution in [0, 0.1) is 6.92 Å². The van der Waals surface area contributed by atoms with Crippen LogP contribution in [0.4, 0.5) is 0 Å². The SMILES string of the molecule is CC(=O)Cn1[nH]c(C)cc1=O. The molecular formula is C7H10N2O2. The first-order chi connectivity index (χ1) is 5.09. The summed E-state index contributed by atoms with van der Waals surface area (Å²) in [6, 6.07) is 1.46. The topological polar surface area (TPSA) is 54.9 Å². The number of aromatic amines is 1. The van der Waals surface area contributed by atoms with E-state index in [9.17, 15) is 9.59 Å². The summed E-state index contributed by atoms with van der Waals surface area (Å²) < 4.78 is 1.29. The van der Waals surface area contributed by atoms with Gasteiger partial charge in [0.1, 0.15) is 6.54 Å². The van der Waals surface area contributed by atoms with Gasteiger partial charge in [-0.25, -0.2) is 4.68 Å². The van der Waals surface area contributed by atoms with Crippen molar-refractivity contribution >= 4 is 5.78 Å². The lowest BCUT2D eigenvalue weighted by Crippen LogP contribution is -2.19. The first-order valence-corrected chi connectivity index (χ1v) is 3.35. The molecule has 0 aromatic carbocycles. The molecule has 0 aliphatic rings. The normalized spacial score (nSPS) is 10.0. The fourth-order valence-corrected chi connectivity index (χ4v) is 0.903. The zero-order valence-corrected chi connectivity index (χ0v) is 6.55. The Hall–Kier alpha value is -1.32. The van der Waals surface area contributed by atoms with Crippen molar-refractivity contribution in [2.75, 3.05) is 0 Å². The third kappa shape index (κ3) is 1.80. The fraction of sp³-hybridized carbons (Fsp3) is 0.429. The number of carbonyl (C=O) groups is 1. The molecule has 0 unspecified atom stereocenters. The molecule has 0 atom stereocenters. The largest absolute Gasteiger partial charge is 0.300 e. The lowest BCUT2D eigenvalue weighted by molar-refractivity contribution is -0.117. The van der Waals surface area contributed by atoms with Gasteiger partial charge in [-0.05, 0) is 13.8 Å². The van der Waals surface area contributed by atoms with E-state index in [1.165, 1.54) is 17.7 Å². The minimum Gasteiger partial charge on any atom is -0.300 e. The molecule has 1 aromatic heterocycles. The van der Waals surface area contributed by atoms with Crippen molar-refractivity contribution in [1.82, 2.24) is 9.78 Å². The van der Waals surface area contributed by atoms with Gasteiger partial charge in [-0.1, -0.05) is 0 Å². The second kappa shape index (κ2) is 2.74. The Morgan fingerprint density at radius 2 is 2.36 bits per heavy atom. The third-order valence-electron chi connectivity index (χ3n) is 1.30. The van der Waals surface area contributed by atoms with E-state index in [0.717, 1.165) is 5.69 Å². The van der Waals surface area contributed by atoms with Crippen molar-refractivity contribution in [3.05, 3.63) is 22.1 Å². The molecule has 1 rings (SSSR count). The lowest BCUT2D eigenvalue weighted by Gasteiger charge is -1.94. The van der Waals surface area contributed by atoms with E-state index in [4.69, 9.17) is 0 Å². The quantitative estimate of drug-likeness (QED) is 0.655. The molecule has 11 heavy (non-hydrogen) atoms. The Balaban J connectivity index is 2.95. The van der Waals surface area contributed by atoms with E-state index < -0.39 is 0 Å². The van der Waals surface area contributed by atoms with Gasteiger partial charge in [0.25, 0.3) is 5.56 Å². The molecule has 0 aliphatic carbocycles. The molecule has 60 valence electrons. The molecule has 4 nitrogen and oxygen atoms in total. The van der Waals surface area contributed by atoms with E-state index >= 15 is 0 Å². The summed E-state index contributed by atoms with van der Waals surface area (Å²) >= 11 is 0. The fourth-order valence-electron chi connectivity index (χ4n) is 0.903. The summed E-state index contributed by atoms with van der Waals surface area (Å²) in [4.78, 5) is 21.5. The van der Waals surface area contributed by atoms with Gasteiger partial charge in [0, 0.05) is 11.8 Å². The van der Waals surface area contributed by atoms with Crippen LogP contribution in [0.25, 0.3) is 0 Å². The number of nitrogens with zero attached hydrogens (tertiary/aromatic N) is 1. The number of hydrogen-bond donors (Lipinski definition) is 1. The maximum atomic E-state index is 11.0. The van der Waals surface area contributed by atoms with Gasteiger partial charge in [-0.3, -0.25) is 14.7 Å². The Morgan fingerprint density at radius 3 is 2.73 bits per heavy atom. The molecular weight excluding hydrogens is 144 g/mol. The van der Waals surface area contributed by atoms with Gasteiger partial charge >= 0.3 is 0 Å². The molecule has 0 saturated heterocycles. The van der Waals surface area contributed by atoms with Crippen LogP contribution in [0.5, 0.6) is 0 Å². The lowest BCUT2D eigenvalue weighted by atomic mass is 10.4. The van der Waals surface area contributed by atoms with E-state index in [-0.39, 0.29) is 17.9 Å². The zero-order valence-electron chi connectivity index (χ0n) is 6.55. The number of nitrogens with one attached hydrogen (secondary N) is 1. The highest BCUT2D eigenvalue weighted by Crippen LogP contribution is 1.85. The molecule has 0 radical (unpaired) electrons. The number of carbonyl (C=O) groups excluding carboxylic acids is 1. The van der Waals surface area contributed by atoms with E-state index in [1.807, 2.05) is 0 Å². The Kier molecular flexibility index (Phi) is 1.94. The standard InChI is InChI=1S/C7H10N2O2/c1-5-3-7(11)9(8-5)4-6(2)10/h3,8H,4H2,1-2H3. The average molecular weight is 154 g/mol. The number of rotatable bonds is 2. The van der Waals surface area contributed by atoms with Crippen LogP contribution < -0.4 is 5.56 Å². The predicted octanol–water partition coefficient (Wildman–Crippen LogP) is 0.0738. The first-order valence-electron chi connectivity index (χ1n) is 3.35. The van der Waals surface area contributed by atoms with E-state index in [0.29, 0.717) is 0 Å². The van der Waals surface area contributed by atoms with Gasteiger partial charge < -0.3 is 0 Å². The molecule has 0 bridgehead atoms. The zero-order chi connectivity index (χ0) is 8.43. The van der Waals surface area contributed by atoms with Gasteiger partial charge in [0.2, 0.25) is 0 Å². The Bertz CT molecular complexity index is 321. The molecule has 0 saturated carbocycles. The van der Waals surface area contributed by atoms with Crippen LogP contribution in [0.15, 0.2) is 10.9 Å². The summed E-state index contributed by atoms with van der Waals surface area (Å²) in [5.41, 5.74) is 0.619. The Labute approximate surface area is 63.8 Å². The summed E-state index contributed by atoms with van der Waals surface area (Å²) in [6.45, 7) is 3.35. The minimum absolute atomic E-state index is 0.0334. The van der Waals surface area contributed by atoms with Crippen LogP contribution in [0.3, 0.4) is 0 Å². The predicted molar refractivity (Wildman–Crippen MR) is 40.5 cm³/mol. The summed E-state index contributed by atoms with van der Waals surface area (Å²) in [5, 5.41) is 2.76. The molecule has 1 N–H and O–H groups in total. The van der Waals surface area contributed by atoms with Crippen LogP contribution in [-0.4, -0.2) is 15.6 Å². The monoisotopic (exact) mass is 154 g/mol. The number of aryl methyl sites for hydroxylation is 1. The van der Waals surface area contributed by atoms with Gasteiger partial charge in [0.05, 0.1) is 0 Å². The number of Topliss-reactive ketones (excluding diaryl/α,β-unsaturated/α-hetero) is 1. The summed E-state index contributed by atoms with van der Waals surface area (Å²) in [6.07, 6.45) is 0. The van der Waals surface area contributed by atoms with Crippen LogP contribution in [-0.2, 0) is 11.3 Å². The van der Waals surface area contributed by atoms with Crippen LogP contribution in [0.2, 0.25) is 0 Å². The van der Waals surface area contributed by atoms with Crippen molar-refractivity contribution in [3.8, 4) is 0 Å². The minimum atomic E-state index is -0.155.